The molecule has 1 heterocycles. The molecule has 3 rings (SSSR count). The largest absolute Gasteiger partial charge is 0.457 e. The highest BCUT2D eigenvalue weighted by atomic mass is 16.5. The fourth-order valence-electron chi connectivity index (χ4n) is 3.16. The molecule has 0 spiro atoms. The van der Waals surface area contributed by atoms with Gasteiger partial charge in [0.05, 0.1) is 12.0 Å². The minimum Gasteiger partial charge on any atom is -0.457 e. The second-order valence-corrected chi connectivity index (χ2v) is 7.12. The fraction of sp³-hybridized carbons (Fsp3) is 0.192. The van der Waals surface area contributed by atoms with Crippen molar-refractivity contribution in [3.8, 4) is 0 Å². The number of nitrogens with zero attached hydrogens (tertiary/aromatic N) is 1. The molecular formula is C26H26N2O3. The van der Waals surface area contributed by atoms with E-state index in [1.807, 2.05) is 74.5 Å². The molecule has 1 aromatic heterocycles. The summed E-state index contributed by atoms with van der Waals surface area (Å²) in [7, 11) is 0. The first-order valence-electron chi connectivity index (χ1n) is 10.3. The summed E-state index contributed by atoms with van der Waals surface area (Å²) in [6.45, 7) is 4.03. The summed E-state index contributed by atoms with van der Waals surface area (Å²) in [4.78, 5) is 28.7. The zero-order valence-electron chi connectivity index (χ0n) is 17.8. The van der Waals surface area contributed by atoms with Crippen molar-refractivity contribution in [1.29, 1.82) is 0 Å². The summed E-state index contributed by atoms with van der Waals surface area (Å²) in [5.74, 6) is -0.428. The molecule has 5 nitrogen and oxygen atoms in total. The van der Waals surface area contributed by atoms with E-state index in [0.29, 0.717) is 5.57 Å². The summed E-state index contributed by atoms with van der Waals surface area (Å²) in [5.41, 5.74) is 3.07. The third-order valence-electron chi connectivity index (χ3n) is 4.69. The number of anilines is 1. The number of aromatic nitrogens is 1. The molecular weight excluding hydrogens is 388 g/mol. The van der Waals surface area contributed by atoms with Crippen molar-refractivity contribution < 1.29 is 14.3 Å². The number of pyridine rings is 1. The van der Waals surface area contributed by atoms with Gasteiger partial charge >= 0.3 is 5.97 Å². The van der Waals surface area contributed by atoms with Crippen molar-refractivity contribution in [2.75, 3.05) is 5.32 Å². The van der Waals surface area contributed by atoms with E-state index in [1.54, 1.807) is 18.5 Å². The van der Waals surface area contributed by atoms with Crippen molar-refractivity contribution in [3.05, 3.63) is 95.9 Å². The van der Waals surface area contributed by atoms with Gasteiger partial charge in [-0.3, -0.25) is 9.78 Å². The number of carbonyl (C=O) groups is 2. The van der Waals surface area contributed by atoms with Crippen molar-refractivity contribution in [2.24, 2.45) is 0 Å². The lowest BCUT2D eigenvalue weighted by molar-refractivity contribution is -0.139. The Kier molecular flexibility index (Phi) is 7.71. The van der Waals surface area contributed by atoms with Gasteiger partial charge in [-0.25, -0.2) is 4.79 Å². The average Bonchev–Trinajstić information content (AvgIpc) is 2.78. The van der Waals surface area contributed by atoms with Gasteiger partial charge in [0.25, 0.3) is 0 Å². The van der Waals surface area contributed by atoms with Crippen LogP contribution in [0.1, 0.15) is 31.4 Å². The maximum absolute atomic E-state index is 12.4. The number of benzene rings is 2. The molecule has 5 heteroatoms. The number of rotatable bonds is 8. The van der Waals surface area contributed by atoms with Crippen LogP contribution < -0.4 is 5.32 Å². The molecule has 0 saturated heterocycles. The number of hydrogen-bond acceptors (Lipinski definition) is 4. The second kappa shape index (κ2) is 10.9. The summed E-state index contributed by atoms with van der Waals surface area (Å²) >= 11 is 0. The highest BCUT2D eigenvalue weighted by Crippen LogP contribution is 2.18. The van der Waals surface area contributed by atoms with Crippen molar-refractivity contribution in [1.82, 2.24) is 4.98 Å². The molecule has 0 aliphatic heterocycles. The van der Waals surface area contributed by atoms with Gasteiger partial charge in [-0.05, 0) is 48.1 Å². The third-order valence-corrected chi connectivity index (χ3v) is 4.69. The van der Waals surface area contributed by atoms with Gasteiger partial charge in [-0.15, -0.1) is 0 Å². The Morgan fingerprint density at radius 1 is 1.03 bits per heavy atom. The average molecular weight is 415 g/mol. The lowest BCUT2D eigenvalue weighted by Gasteiger charge is -2.08. The zero-order valence-corrected chi connectivity index (χ0v) is 17.8. The van der Waals surface area contributed by atoms with Crippen molar-refractivity contribution in [2.45, 2.75) is 33.3 Å². The van der Waals surface area contributed by atoms with Gasteiger partial charge in [-0.1, -0.05) is 55.5 Å². The monoisotopic (exact) mass is 414 g/mol. The van der Waals surface area contributed by atoms with Gasteiger partial charge in [0.15, 0.2) is 0 Å². The Bertz CT molecular complexity index is 1110. The maximum atomic E-state index is 12.4. The number of allylic oxidation sites excluding steroid dienone is 2. The Balaban J connectivity index is 1.54. The van der Waals surface area contributed by atoms with Crippen LogP contribution in [0.3, 0.4) is 0 Å². The summed E-state index contributed by atoms with van der Waals surface area (Å²) < 4.78 is 5.39. The molecule has 3 aromatic rings. The molecule has 0 atom stereocenters. The number of nitrogens with one attached hydrogen (secondary N) is 1. The number of hydrogen-bond donors (Lipinski definition) is 1. The lowest BCUT2D eigenvalue weighted by Crippen LogP contribution is -2.14. The van der Waals surface area contributed by atoms with Crippen molar-refractivity contribution in [3.63, 3.8) is 0 Å². The Hall–Kier alpha value is -3.73. The molecule has 0 fully saturated rings. The minimum atomic E-state index is -0.338. The number of esters is 1. The number of ether oxygens (including phenoxy) is 1. The van der Waals surface area contributed by atoms with E-state index in [9.17, 15) is 9.59 Å². The second-order valence-electron chi connectivity index (χ2n) is 7.12. The normalized spacial score (nSPS) is 11.6. The highest BCUT2D eigenvalue weighted by molar-refractivity contribution is 5.95. The quantitative estimate of drug-likeness (QED) is 0.306. The molecule has 31 heavy (non-hydrogen) atoms. The van der Waals surface area contributed by atoms with Crippen LogP contribution in [-0.2, 0) is 27.4 Å². The van der Waals surface area contributed by atoms with E-state index in [-0.39, 0.29) is 24.9 Å². The predicted octanol–water partition coefficient (Wildman–Crippen LogP) is 5.37. The Labute approximate surface area is 182 Å². The summed E-state index contributed by atoms with van der Waals surface area (Å²) in [6, 6.07) is 15.2. The minimum absolute atomic E-state index is 0.0896. The molecule has 2 aromatic carbocycles. The fourth-order valence-corrected chi connectivity index (χ4v) is 3.16. The topological polar surface area (TPSA) is 68.3 Å². The first-order chi connectivity index (χ1) is 15.1. The van der Waals surface area contributed by atoms with Gasteiger partial charge < -0.3 is 10.1 Å². The van der Waals surface area contributed by atoms with Crippen LogP contribution in [-0.4, -0.2) is 16.9 Å². The van der Waals surface area contributed by atoms with Crippen LogP contribution in [0.25, 0.3) is 10.8 Å². The molecule has 1 amide bonds. The lowest BCUT2D eigenvalue weighted by atomic mass is 10.1. The smallest absolute Gasteiger partial charge is 0.338 e. The number of amides is 1. The van der Waals surface area contributed by atoms with Gasteiger partial charge in [0.1, 0.15) is 6.61 Å². The molecule has 158 valence electrons. The molecule has 0 aliphatic rings. The summed E-state index contributed by atoms with van der Waals surface area (Å²) in [6.07, 6.45) is 9.96. The van der Waals surface area contributed by atoms with Gasteiger partial charge in [0, 0.05) is 23.5 Å². The van der Waals surface area contributed by atoms with E-state index < -0.39 is 0 Å². The van der Waals surface area contributed by atoms with Crippen LogP contribution in [0.5, 0.6) is 0 Å². The summed E-state index contributed by atoms with van der Waals surface area (Å²) in [5, 5.41) is 4.99. The first-order valence-corrected chi connectivity index (χ1v) is 10.3. The van der Waals surface area contributed by atoms with E-state index >= 15 is 0 Å². The van der Waals surface area contributed by atoms with Gasteiger partial charge in [0.2, 0.25) is 5.91 Å². The van der Waals surface area contributed by atoms with E-state index in [2.05, 4.69) is 10.3 Å². The van der Waals surface area contributed by atoms with E-state index in [1.165, 1.54) is 0 Å². The Morgan fingerprint density at radius 3 is 2.55 bits per heavy atom. The number of fused-ring (bicyclic) bond motifs is 1. The van der Waals surface area contributed by atoms with Crippen LogP contribution in [0.15, 0.2) is 84.7 Å². The van der Waals surface area contributed by atoms with Crippen LogP contribution in [0.2, 0.25) is 0 Å². The molecule has 1 N–H and O–H groups in total. The Morgan fingerprint density at radius 2 is 1.81 bits per heavy atom. The van der Waals surface area contributed by atoms with Gasteiger partial charge in [-0.2, -0.15) is 0 Å². The maximum Gasteiger partial charge on any atom is 0.338 e. The first kappa shape index (κ1) is 22.0. The highest BCUT2D eigenvalue weighted by Gasteiger charge is 2.09. The zero-order chi connectivity index (χ0) is 22.1. The molecule has 0 unspecified atom stereocenters. The molecule has 0 aliphatic carbocycles. The van der Waals surface area contributed by atoms with Crippen LogP contribution in [0, 0.1) is 0 Å². The number of carbonyl (C=O) groups excluding carboxylic acids is 2. The van der Waals surface area contributed by atoms with E-state index in [0.717, 1.165) is 34.0 Å². The molecule has 0 saturated carbocycles. The predicted molar refractivity (Wildman–Crippen MR) is 124 cm³/mol. The van der Waals surface area contributed by atoms with Crippen molar-refractivity contribution >= 4 is 28.3 Å². The molecule has 0 bridgehead atoms. The standard InChI is InChI=1S/C26H26N2O3/c1-3-5-21(6-4-2)26(30)31-18-20-9-7-19(8-10-20)15-25(29)28-24-12-11-23-17-27-14-13-22(23)16-24/h3,5-14,16-17H,4,15,18H2,1-2H3,(H,28,29)/b5-3-,21-6+. The molecule has 0 radical (unpaired) electrons. The van der Waals surface area contributed by atoms with Crippen LogP contribution in [0.4, 0.5) is 5.69 Å². The van der Waals surface area contributed by atoms with E-state index in [4.69, 9.17) is 4.74 Å². The van der Waals surface area contributed by atoms with Crippen LogP contribution >= 0.6 is 0 Å². The third kappa shape index (κ3) is 6.37. The SMILES string of the molecule is C/C=C\C(=C/CC)C(=O)OCc1ccc(CC(=O)Nc2ccc3cnccc3c2)cc1.